The van der Waals surface area contributed by atoms with Gasteiger partial charge >= 0.3 is 5.97 Å². The maximum Gasteiger partial charge on any atom is 0.339 e. The number of nitrogens with zero attached hydrogens (tertiary/aromatic N) is 3. The average molecular weight is 397 g/mol. The van der Waals surface area contributed by atoms with Crippen LogP contribution in [-0.2, 0) is 4.74 Å². The molecular weight excluding hydrogens is 389 g/mol. The summed E-state index contributed by atoms with van der Waals surface area (Å²) in [4.78, 5) is 24.3. The van der Waals surface area contributed by atoms with Crippen molar-refractivity contribution in [3.63, 3.8) is 0 Å². The molecule has 0 amide bonds. The molecule has 5 nitrogen and oxygen atoms in total. The van der Waals surface area contributed by atoms with Crippen molar-refractivity contribution in [1.29, 1.82) is 0 Å². The van der Waals surface area contributed by atoms with E-state index in [-0.39, 0.29) is 0 Å². The number of methoxy groups -OCH3 is 1. The lowest BCUT2D eigenvalue weighted by Gasteiger charge is -1.96. The Bertz CT molecular complexity index is 803. The summed E-state index contributed by atoms with van der Waals surface area (Å²) in [5.74, 6) is -0.398. The molecule has 3 aromatic heterocycles. The lowest BCUT2D eigenvalue weighted by atomic mass is 10.3. The molecule has 0 N–H and O–H groups in total. The highest BCUT2D eigenvalue weighted by atomic mass is 127. The lowest BCUT2D eigenvalue weighted by Crippen LogP contribution is -2.01. The van der Waals surface area contributed by atoms with Crippen molar-refractivity contribution in [2.45, 2.75) is 0 Å². The molecule has 0 aliphatic rings. The molecule has 3 rings (SSSR count). The van der Waals surface area contributed by atoms with Gasteiger partial charge in [0.1, 0.15) is 5.01 Å². The molecule has 0 bridgehead atoms. The Morgan fingerprint density at radius 2 is 2.15 bits per heavy atom. The van der Waals surface area contributed by atoms with Crippen molar-refractivity contribution in [1.82, 2.24) is 15.0 Å². The van der Waals surface area contributed by atoms with Crippen LogP contribution in [0.3, 0.4) is 0 Å². The monoisotopic (exact) mass is 397 g/mol. The van der Waals surface area contributed by atoms with E-state index in [4.69, 9.17) is 0 Å². The number of esters is 1. The van der Waals surface area contributed by atoms with Crippen molar-refractivity contribution in [3.8, 4) is 10.6 Å². The molecule has 0 saturated carbocycles. The number of rotatable bonds is 2. The predicted octanol–water partition coefficient (Wildman–Crippen LogP) is 3.14. The predicted molar refractivity (Wildman–Crippen MR) is 84.7 cm³/mol. The van der Waals surface area contributed by atoms with Crippen LogP contribution < -0.4 is 0 Å². The van der Waals surface area contributed by atoms with E-state index in [1.807, 2.05) is 6.07 Å². The summed E-state index contributed by atoms with van der Waals surface area (Å²) in [5, 5.41) is 0.834. The Morgan fingerprint density at radius 3 is 2.90 bits per heavy atom. The summed E-state index contributed by atoms with van der Waals surface area (Å²) in [5.41, 5.74) is 1.99. The van der Waals surface area contributed by atoms with Gasteiger partial charge in [-0.1, -0.05) is 0 Å². The number of ether oxygens (including phenoxy) is 1. The summed E-state index contributed by atoms with van der Waals surface area (Å²) >= 11 is 3.68. The molecule has 0 fully saturated rings. The Hall–Kier alpha value is -1.61. The van der Waals surface area contributed by atoms with Gasteiger partial charge in [0.25, 0.3) is 0 Å². The first-order chi connectivity index (χ1) is 9.67. The third-order valence-electron chi connectivity index (χ3n) is 2.62. The van der Waals surface area contributed by atoms with Crippen molar-refractivity contribution in [2.75, 3.05) is 7.11 Å². The van der Waals surface area contributed by atoms with Crippen LogP contribution in [-0.4, -0.2) is 28.0 Å². The first kappa shape index (κ1) is 13.4. The Balaban J connectivity index is 2.09. The Morgan fingerprint density at radius 1 is 1.30 bits per heavy atom. The molecule has 0 spiro atoms. The molecule has 20 heavy (non-hydrogen) atoms. The van der Waals surface area contributed by atoms with E-state index in [9.17, 15) is 4.79 Å². The molecule has 0 saturated heterocycles. The zero-order chi connectivity index (χ0) is 14.1. The lowest BCUT2D eigenvalue weighted by molar-refractivity contribution is 0.0600. The molecule has 0 aliphatic carbocycles. The van der Waals surface area contributed by atoms with Gasteiger partial charge in [-0.15, -0.1) is 11.3 Å². The van der Waals surface area contributed by atoms with E-state index >= 15 is 0 Å². The second-order valence-corrected chi connectivity index (χ2v) is 6.22. The normalized spacial score (nSPS) is 10.7. The van der Waals surface area contributed by atoms with Crippen LogP contribution in [0.4, 0.5) is 0 Å². The second-order valence-electron chi connectivity index (χ2n) is 3.95. The van der Waals surface area contributed by atoms with E-state index in [1.54, 1.807) is 18.5 Å². The van der Waals surface area contributed by atoms with Crippen molar-refractivity contribution < 1.29 is 9.53 Å². The third-order valence-corrected chi connectivity index (χ3v) is 4.25. The van der Waals surface area contributed by atoms with Crippen LogP contribution in [0.25, 0.3) is 20.9 Å². The third kappa shape index (κ3) is 2.50. The molecule has 3 heterocycles. The van der Waals surface area contributed by atoms with Crippen molar-refractivity contribution >= 4 is 50.2 Å². The second kappa shape index (κ2) is 5.41. The van der Waals surface area contributed by atoms with Gasteiger partial charge in [0.15, 0.2) is 5.65 Å². The molecule has 0 atom stereocenters. The minimum atomic E-state index is -0.398. The van der Waals surface area contributed by atoms with E-state index in [0.717, 1.165) is 18.8 Å². The molecule has 7 heteroatoms. The maximum atomic E-state index is 11.5. The molecule has 3 aromatic rings. The van der Waals surface area contributed by atoms with Crippen molar-refractivity contribution in [2.24, 2.45) is 0 Å². The number of pyridine rings is 2. The standard InChI is InChI=1S/C13H8IN3O2S/c1-19-13(18)8-3-10-11(16-5-8)17-12(20-10)7-2-9(14)6-15-4-7/h2-6H,1H3. The van der Waals surface area contributed by atoms with Gasteiger partial charge in [0.05, 0.1) is 17.4 Å². The minimum absolute atomic E-state index is 0.398. The van der Waals surface area contributed by atoms with Crippen LogP contribution >= 0.6 is 33.9 Å². The highest BCUT2D eigenvalue weighted by molar-refractivity contribution is 14.1. The van der Waals surface area contributed by atoms with Crippen LogP contribution in [0.2, 0.25) is 0 Å². The highest BCUT2D eigenvalue weighted by Gasteiger charge is 2.12. The fourth-order valence-corrected chi connectivity index (χ4v) is 3.14. The van der Waals surface area contributed by atoms with Crippen LogP contribution in [0.15, 0.2) is 30.7 Å². The van der Waals surface area contributed by atoms with Gasteiger partial charge in [-0.3, -0.25) is 4.98 Å². The average Bonchev–Trinajstić information content (AvgIpc) is 2.89. The van der Waals surface area contributed by atoms with Gasteiger partial charge < -0.3 is 4.74 Å². The summed E-state index contributed by atoms with van der Waals surface area (Å²) < 4.78 is 6.58. The molecule has 0 aliphatic heterocycles. The highest BCUT2D eigenvalue weighted by Crippen LogP contribution is 2.29. The number of carbonyl (C=O) groups excluding carboxylic acids is 1. The van der Waals surface area contributed by atoms with Gasteiger partial charge in [-0.05, 0) is 34.7 Å². The zero-order valence-corrected chi connectivity index (χ0v) is 13.3. The first-order valence-electron chi connectivity index (χ1n) is 5.63. The summed E-state index contributed by atoms with van der Waals surface area (Å²) in [6, 6.07) is 3.75. The molecule has 100 valence electrons. The van der Waals surface area contributed by atoms with Crippen LogP contribution in [0.5, 0.6) is 0 Å². The van der Waals surface area contributed by atoms with Crippen LogP contribution in [0.1, 0.15) is 10.4 Å². The van der Waals surface area contributed by atoms with Crippen molar-refractivity contribution in [3.05, 3.63) is 39.9 Å². The first-order valence-corrected chi connectivity index (χ1v) is 7.53. The Labute approximate surface area is 132 Å². The van der Waals surface area contributed by atoms with Gasteiger partial charge in [0, 0.05) is 27.7 Å². The van der Waals surface area contributed by atoms with Crippen LogP contribution in [0, 0.1) is 3.57 Å². The molecule has 0 unspecified atom stereocenters. The number of hydrogen-bond acceptors (Lipinski definition) is 6. The van der Waals surface area contributed by atoms with Gasteiger partial charge in [-0.25, -0.2) is 14.8 Å². The maximum absolute atomic E-state index is 11.5. The fraction of sp³-hybridized carbons (Fsp3) is 0.0769. The minimum Gasteiger partial charge on any atom is -0.465 e. The van der Waals surface area contributed by atoms with E-state index < -0.39 is 5.97 Å². The molecular formula is C13H8IN3O2S. The van der Waals surface area contributed by atoms with Gasteiger partial charge in [-0.2, -0.15) is 0 Å². The Kier molecular flexibility index (Phi) is 3.62. The van der Waals surface area contributed by atoms with Gasteiger partial charge in [0.2, 0.25) is 0 Å². The molecule has 0 radical (unpaired) electrons. The quantitative estimate of drug-likeness (QED) is 0.491. The fourth-order valence-electron chi connectivity index (χ4n) is 1.70. The zero-order valence-electron chi connectivity index (χ0n) is 10.3. The topological polar surface area (TPSA) is 65.0 Å². The number of carbonyl (C=O) groups is 1. The summed E-state index contributed by atoms with van der Waals surface area (Å²) in [6.07, 6.45) is 5.02. The number of halogens is 1. The number of aromatic nitrogens is 3. The largest absolute Gasteiger partial charge is 0.465 e. The number of fused-ring (bicyclic) bond motifs is 1. The number of thiazole rings is 1. The smallest absolute Gasteiger partial charge is 0.339 e. The van der Waals surface area contributed by atoms with E-state index in [1.165, 1.54) is 24.6 Å². The number of hydrogen-bond donors (Lipinski definition) is 0. The molecule has 0 aromatic carbocycles. The van der Waals surface area contributed by atoms with E-state index in [0.29, 0.717) is 11.2 Å². The SMILES string of the molecule is COC(=O)c1cnc2nc(-c3cncc(I)c3)sc2c1. The van der Waals surface area contributed by atoms with E-state index in [2.05, 4.69) is 42.3 Å². The summed E-state index contributed by atoms with van der Waals surface area (Å²) in [6.45, 7) is 0. The summed E-state index contributed by atoms with van der Waals surface area (Å²) in [7, 11) is 1.35.